The van der Waals surface area contributed by atoms with Gasteiger partial charge in [0.1, 0.15) is 5.82 Å². The Morgan fingerprint density at radius 3 is 2.75 bits per heavy atom. The van der Waals surface area contributed by atoms with Crippen LogP contribution in [0.5, 0.6) is 0 Å². The minimum Gasteiger partial charge on any atom is -0.341 e. The van der Waals surface area contributed by atoms with E-state index < -0.39 is 0 Å². The van der Waals surface area contributed by atoms with Crippen molar-refractivity contribution in [3.63, 3.8) is 0 Å². The van der Waals surface area contributed by atoms with Gasteiger partial charge in [0.15, 0.2) is 0 Å². The molecule has 1 amide bonds. The molecule has 5 heteroatoms. The number of aromatic nitrogens is 1. The second-order valence-corrected chi connectivity index (χ2v) is 4.83. The molecule has 0 aliphatic rings. The zero-order valence-electron chi connectivity index (χ0n) is 10.6. The van der Waals surface area contributed by atoms with Crippen molar-refractivity contribution in [3.05, 3.63) is 52.6 Å². The number of anilines is 2. The molecule has 0 bridgehead atoms. The summed E-state index contributed by atoms with van der Waals surface area (Å²) in [5.74, 6) is 2.60. The molecule has 1 heterocycles. The molecule has 2 aromatic rings. The summed E-state index contributed by atoms with van der Waals surface area (Å²) in [5, 5.41) is 5.73. The van der Waals surface area contributed by atoms with Crippen molar-refractivity contribution in [2.24, 2.45) is 0 Å². The SMILES string of the molecule is C#CCNC(=O)c1cccnc1Nc1ccc(Br)cc1. The van der Waals surface area contributed by atoms with Crippen LogP contribution in [0.1, 0.15) is 10.4 Å². The number of hydrogen-bond acceptors (Lipinski definition) is 3. The molecule has 1 aromatic heterocycles. The minimum absolute atomic E-state index is 0.186. The van der Waals surface area contributed by atoms with Gasteiger partial charge in [-0.1, -0.05) is 21.9 Å². The first-order valence-electron chi connectivity index (χ1n) is 5.90. The molecule has 100 valence electrons. The smallest absolute Gasteiger partial charge is 0.255 e. The highest BCUT2D eigenvalue weighted by Gasteiger charge is 2.11. The fourth-order valence-electron chi connectivity index (χ4n) is 1.58. The maximum absolute atomic E-state index is 12.0. The Labute approximate surface area is 125 Å². The van der Waals surface area contributed by atoms with Crippen LogP contribution in [0.15, 0.2) is 47.1 Å². The van der Waals surface area contributed by atoms with E-state index in [2.05, 4.69) is 37.5 Å². The van der Waals surface area contributed by atoms with Gasteiger partial charge in [-0.25, -0.2) is 4.98 Å². The first-order valence-corrected chi connectivity index (χ1v) is 6.69. The molecular weight excluding hydrogens is 318 g/mol. The number of pyridine rings is 1. The number of nitrogens with one attached hydrogen (secondary N) is 2. The van der Waals surface area contributed by atoms with Gasteiger partial charge in [-0.15, -0.1) is 6.42 Å². The summed E-state index contributed by atoms with van der Waals surface area (Å²) in [6.07, 6.45) is 6.75. The summed E-state index contributed by atoms with van der Waals surface area (Å²) in [7, 11) is 0. The fraction of sp³-hybridized carbons (Fsp3) is 0.0667. The Morgan fingerprint density at radius 2 is 2.05 bits per heavy atom. The number of carbonyl (C=O) groups is 1. The summed E-state index contributed by atoms with van der Waals surface area (Å²) < 4.78 is 0.982. The van der Waals surface area contributed by atoms with Crippen molar-refractivity contribution in [2.45, 2.75) is 0 Å². The van der Waals surface area contributed by atoms with E-state index in [0.717, 1.165) is 10.2 Å². The molecule has 1 aromatic carbocycles. The van der Waals surface area contributed by atoms with Crippen molar-refractivity contribution in [1.82, 2.24) is 10.3 Å². The quantitative estimate of drug-likeness (QED) is 0.848. The van der Waals surface area contributed by atoms with E-state index >= 15 is 0 Å². The molecule has 0 fully saturated rings. The highest BCUT2D eigenvalue weighted by atomic mass is 79.9. The lowest BCUT2D eigenvalue weighted by Gasteiger charge is -2.10. The van der Waals surface area contributed by atoms with Gasteiger partial charge in [-0.3, -0.25) is 4.79 Å². The molecule has 0 unspecified atom stereocenters. The Kier molecular flexibility index (Phi) is 4.75. The van der Waals surface area contributed by atoms with Gasteiger partial charge in [0.25, 0.3) is 5.91 Å². The predicted octanol–water partition coefficient (Wildman–Crippen LogP) is 2.95. The van der Waals surface area contributed by atoms with Crippen LogP contribution >= 0.6 is 15.9 Å². The third-order valence-electron chi connectivity index (χ3n) is 2.51. The summed E-state index contributed by atoms with van der Waals surface area (Å²) in [6, 6.07) is 11.0. The molecule has 0 aliphatic heterocycles. The van der Waals surface area contributed by atoms with Gasteiger partial charge >= 0.3 is 0 Å². The van der Waals surface area contributed by atoms with Gasteiger partial charge in [-0.2, -0.15) is 0 Å². The molecule has 0 saturated carbocycles. The van der Waals surface area contributed by atoms with Crippen LogP contribution in [0, 0.1) is 12.3 Å². The molecule has 0 radical (unpaired) electrons. The van der Waals surface area contributed by atoms with Crippen molar-refractivity contribution >= 4 is 33.3 Å². The van der Waals surface area contributed by atoms with Gasteiger partial charge < -0.3 is 10.6 Å². The van der Waals surface area contributed by atoms with E-state index in [1.54, 1.807) is 18.3 Å². The number of terminal acetylenes is 1. The number of benzene rings is 1. The van der Waals surface area contributed by atoms with Gasteiger partial charge in [0.05, 0.1) is 12.1 Å². The highest BCUT2D eigenvalue weighted by Crippen LogP contribution is 2.20. The number of amides is 1. The number of halogens is 1. The van der Waals surface area contributed by atoms with Gasteiger partial charge in [-0.05, 0) is 36.4 Å². The predicted molar refractivity (Wildman–Crippen MR) is 82.8 cm³/mol. The number of rotatable bonds is 4. The zero-order valence-corrected chi connectivity index (χ0v) is 12.1. The van der Waals surface area contributed by atoms with Crippen LogP contribution in [-0.4, -0.2) is 17.4 Å². The van der Waals surface area contributed by atoms with Crippen molar-refractivity contribution in [1.29, 1.82) is 0 Å². The standard InChI is InChI=1S/C15H12BrN3O/c1-2-9-18-15(20)13-4-3-10-17-14(13)19-12-7-5-11(16)6-8-12/h1,3-8,10H,9H2,(H,17,19)(H,18,20). The van der Waals surface area contributed by atoms with Crippen molar-refractivity contribution < 1.29 is 4.79 Å². The monoisotopic (exact) mass is 329 g/mol. The molecule has 20 heavy (non-hydrogen) atoms. The summed E-state index contributed by atoms with van der Waals surface area (Å²) in [4.78, 5) is 16.2. The second-order valence-electron chi connectivity index (χ2n) is 3.92. The molecule has 2 N–H and O–H groups in total. The second kappa shape index (κ2) is 6.73. The molecule has 2 rings (SSSR count). The third kappa shape index (κ3) is 3.59. The molecular formula is C15H12BrN3O. The van der Waals surface area contributed by atoms with Crippen LogP contribution in [0.25, 0.3) is 0 Å². The van der Waals surface area contributed by atoms with Crippen LogP contribution in [0.4, 0.5) is 11.5 Å². The summed E-state index contributed by atoms with van der Waals surface area (Å²) in [6.45, 7) is 0.186. The highest BCUT2D eigenvalue weighted by molar-refractivity contribution is 9.10. The average Bonchev–Trinajstić information content (AvgIpc) is 2.48. The average molecular weight is 330 g/mol. The van der Waals surface area contributed by atoms with E-state index in [0.29, 0.717) is 11.4 Å². The molecule has 0 atom stereocenters. The van der Waals surface area contributed by atoms with Crippen LogP contribution < -0.4 is 10.6 Å². The summed E-state index contributed by atoms with van der Waals surface area (Å²) in [5.41, 5.74) is 1.29. The van der Waals surface area contributed by atoms with Gasteiger partial charge in [0, 0.05) is 16.4 Å². The molecule has 0 aliphatic carbocycles. The molecule has 4 nitrogen and oxygen atoms in total. The van der Waals surface area contributed by atoms with Crippen LogP contribution in [0.3, 0.4) is 0 Å². The van der Waals surface area contributed by atoms with E-state index in [1.165, 1.54) is 0 Å². The lowest BCUT2D eigenvalue weighted by molar-refractivity contribution is 0.0959. The Bertz CT molecular complexity index is 647. The Morgan fingerprint density at radius 1 is 1.30 bits per heavy atom. The molecule has 0 spiro atoms. The fourth-order valence-corrected chi connectivity index (χ4v) is 1.85. The largest absolute Gasteiger partial charge is 0.341 e. The first-order chi connectivity index (χ1) is 9.70. The topological polar surface area (TPSA) is 54.0 Å². The van der Waals surface area contributed by atoms with E-state index in [1.807, 2.05) is 24.3 Å². The zero-order chi connectivity index (χ0) is 14.4. The van der Waals surface area contributed by atoms with Crippen molar-refractivity contribution in [3.8, 4) is 12.3 Å². The van der Waals surface area contributed by atoms with Crippen LogP contribution in [-0.2, 0) is 0 Å². The number of nitrogens with zero attached hydrogens (tertiary/aromatic N) is 1. The van der Waals surface area contributed by atoms with E-state index in [4.69, 9.17) is 6.42 Å². The third-order valence-corrected chi connectivity index (χ3v) is 3.04. The lowest BCUT2D eigenvalue weighted by Crippen LogP contribution is -2.24. The Balaban J connectivity index is 2.21. The maximum Gasteiger partial charge on any atom is 0.255 e. The Hall–Kier alpha value is -2.32. The normalized spacial score (nSPS) is 9.60. The first kappa shape index (κ1) is 14.1. The van der Waals surface area contributed by atoms with E-state index in [-0.39, 0.29) is 12.5 Å². The van der Waals surface area contributed by atoms with Gasteiger partial charge in [0.2, 0.25) is 0 Å². The maximum atomic E-state index is 12.0. The van der Waals surface area contributed by atoms with Crippen molar-refractivity contribution in [2.75, 3.05) is 11.9 Å². The number of carbonyl (C=O) groups excluding carboxylic acids is 1. The summed E-state index contributed by atoms with van der Waals surface area (Å²) >= 11 is 3.37. The van der Waals surface area contributed by atoms with E-state index in [9.17, 15) is 4.79 Å². The minimum atomic E-state index is -0.254. The number of hydrogen-bond donors (Lipinski definition) is 2. The lowest BCUT2D eigenvalue weighted by atomic mass is 10.2. The van der Waals surface area contributed by atoms with Crippen LogP contribution in [0.2, 0.25) is 0 Å². The molecule has 0 saturated heterocycles.